The number of benzene rings is 3. The summed E-state index contributed by atoms with van der Waals surface area (Å²) in [5.74, 6) is 0.648. The number of Topliss-reactive ketones (excluding diaryl/α,β-unsaturated/α-hetero) is 1. The molecule has 3 aromatic rings. The second-order valence-corrected chi connectivity index (χ2v) is 8.19. The summed E-state index contributed by atoms with van der Waals surface area (Å²) in [7, 11) is 0. The van der Waals surface area contributed by atoms with Crippen molar-refractivity contribution in [3.63, 3.8) is 0 Å². The molecule has 0 aliphatic heterocycles. The lowest BCUT2D eigenvalue weighted by Gasteiger charge is -2.23. The molecule has 24 heavy (non-hydrogen) atoms. The molecule has 3 aromatic carbocycles. The van der Waals surface area contributed by atoms with E-state index in [2.05, 4.69) is 58.0 Å². The zero-order valence-electron chi connectivity index (χ0n) is 15.1. The molecular weight excluding hydrogens is 292 g/mol. The molecule has 1 nitrogen and oxygen atoms in total. The Morgan fingerprint density at radius 2 is 1.42 bits per heavy atom. The Balaban J connectivity index is 2.07. The first-order chi connectivity index (χ1) is 11.3. The minimum absolute atomic E-state index is 0.251. The van der Waals surface area contributed by atoms with Crippen LogP contribution >= 0.6 is 0 Å². The maximum Gasteiger partial charge on any atom is 0.164 e. The first-order valence-corrected chi connectivity index (χ1v) is 8.79. The summed E-state index contributed by atoms with van der Waals surface area (Å²) in [6.45, 7) is 8.90. The fraction of sp³-hybridized carbons (Fsp3) is 0.348. The highest BCUT2D eigenvalue weighted by Gasteiger charge is 2.21. The minimum Gasteiger partial charge on any atom is -0.294 e. The van der Waals surface area contributed by atoms with Gasteiger partial charge in [-0.15, -0.1) is 0 Å². The first kappa shape index (κ1) is 16.7. The van der Waals surface area contributed by atoms with E-state index in [0.717, 1.165) is 33.5 Å². The number of ketones is 1. The van der Waals surface area contributed by atoms with Crippen LogP contribution in [0.25, 0.3) is 21.5 Å². The Bertz CT molecular complexity index is 829. The zero-order chi connectivity index (χ0) is 17.3. The van der Waals surface area contributed by atoms with E-state index in [1.54, 1.807) is 0 Å². The minimum atomic E-state index is 0.251. The molecule has 0 N–H and O–H groups in total. The molecule has 1 atom stereocenters. The van der Waals surface area contributed by atoms with Gasteiger partial charge in [0.1, 0.15) is 0 Å². The SMILES string of the molecule is CC(CC(=O)c1c2ccccc2cc2ccccc12)CC(C)(C)C. The van der Waals surface area contributed by atoms with Crippen molar-refractivity contribution < 1.29 is 4.79 Å². The van der Waals surface area contributed by atoms with E-state index in [-0.39, 0.29) is 11.2 Å². The third-order valence-corrected chi connectivity index (χ3v) is 4.54. The third-order valence-electron chi connectivity index (χ3n) is 4.54. The number of hydrogen-bond acceptors (Lipinski definition) is 1. The van der Waals surface area contributed by atoms with E-state index >= 15 is 0 Å². The van der Waals surface area contributed by atoms with Gasteiger partial charge in [0, 0.05) is 12.0 Å². The highest BCUT2D eigenvalue weighted by molar-refractivity contribution is 6.18. The molecule has 0 bridgehead atoms. The summed E-state index contributed by atoms with van der Waals surface area (Å²) in [5, 5.41) is 4.43. The third kappa shape index (κ3) is 3.51. The summed E-state index contributed by atoms with van der Waals surface area (Å²) in [6, 6.07) is 18.6. The Kier molecular flexibility index (Phi) is 4.45. The molecule has 0 aliphatic carbocycles. The van der Waals surface area contributed by atoms with E-state index in [0.29, 0.717) is 12.3 Å². The van der Waals surface area contributed by atoms with Gasteiger partial charge in [0.15, 0.2) is 5.78 Å². The van der Waals surface area contributed by atoms with Crippen LogP contribution in [0.2, 0.25) is 0 Å². The van der Waals surface area contributed by atoms with Crippen molar-refractivity contribution in [2.24, 2.45) is 11.3 Å². The molecule has 0 amide bonds. The Hall–Kier alpha value is -2.15. The van der Waals surface area contributed by atoms with Crippen molar-refractivity contribution in [2.75, 3.05) is 0 Å². The van der Waals surface area contributed by atoms with E-state index in [1.807, 2.05) is 24.3 Å². The standard InChI is InChI=1S/C23H26O/c1-16(15-23(2,3)4)13-21(24)22-19-11-7-5-9-17(19)14-18-10-6-8-12-20(18)22/h5-12,14,16H,13,15H2,1-4H3. The predicted molar refractivity (Wildman–Crippen MR) is 104 cm³/mol. The Labute approximate surface area is 144 Å². The Morgan fingerprint density at radius 3 is 1.92 bits per heavy atom. The van der Waals surface area contributed by atoms with Crippen LogP contribution in [0, 0.1) is 11.3 Å². The van der Waals surface area contributed by atoms with Crippen LogP contribution in [0.15, 0.2) is 54.6 Å². The van der Waals surface area contributed by atoms with Crippen molar-refractivity contribution in [2.45, 2.75) is 40.5 Å². The van der Waals surface area contributed by atoms with Gasteiger partial charge in [0.05, 0.1) is 0 Å². The van der Waals surface area contributed by atoms with Gasteiger partial charge in [0.2, 0.25) is 0 Å². The summed E-state index contributed by atoms with van der Waals surface area (Å²) in [4.78, 5) is 13.2. The van der Waals surface area contributed by atoms with Crippen LogP contribution in [-0.4, -0.2) is 5.78 Å². The summed E-state index contributed by atoms with van der Waals surface area (Å²) in [6.07, 6.45) is 1.66. The summed E-state index contributed by atoms with van der Waals surface area (Å²) >= 11 is 0. The van der Waals surface area contributed by atoms with Crippen LogP contribution in [0.5, 0.6) is 0 Å². The molecule has 0 saturated heterocycles. The average Bonchev–Trinajstić information content (AvgIpc) is 2.50. The van der Waals surface area contributed by atoms with Crippen LogP contribution in [0.3, 0.4) is 0 Å². The number of carbonyl (C=O) groups excluding carboxylic acids is 1. The van der Waals surface area contributed by atoms with Crippen LogP contribution in [0.1, 0.15) is 50.9 Å². The largest absolute Gasteiger partial charge is 0.294 e. The second kappa shape index (κ2) is 6.39. The molecule has 0 aromatic heterocycles. The van der Waals surface area contributed by atoms with Crippen molar-refractivity contribution in [3.8, 4) is 0 Å². The molecule has 1 heteroatoms. The lowest BCUT2D eigenvalue weighted by molar-refractivity contribution is 0.0957. The van der Waals surface area contributed by atoms with E-state index in [9.17, 15) is 4.79 Å². The molecular formula is C23H26O. The van der Waals surface area contributed by atoms with Crippen molar-refractivity contribution >= 4 is 27.3 Å². The molecule has 0 spiro atoms. The molecule has 0 heterocycles. The monoisotopic (exact) mass is 318 g/mol. The van der Waals surface area contributed by atoms with Gasteiger partial charge >= 0.3 is 0 Å². The van der Waals surface area contributed by atoms with Gasteiger partial charge in [-0.2, -0.15) is 0 Å². The second-order valence-electron chi connectivity index (χ2n) is 8.19. The van der Waals surface area contributed by atoms with Crippen molar-refractivity contribution in [1.29, 1.82) is 0 Å². The van der Waals surface area contributed by atoms with Crippen LogP contribution in [0.4, 0.5) is 0 Å². The Morgan fingerprint density at radius 1 is 0.917 bits per heavy atom. The molecule has 0 fully saturated rings. The van der Waals surface area contributed by atoms with Gasteiger partial charge in [-0.1, -0.05) is 76.2 Å². The molecule has 0 aliphatic rings. The first-order valence-electron chi connectivity index (χ1n) is 8.79. The fourth-order valence-electron chi connectivity index (χ4n) is 3.85. The lowest BCUT2D eigenvalue weighted by atomic mass is 9.82. The van der Waals surface area contributed by atoms with E-state index < -0.39 is 0 Å². The van der Waals surface area contributed by atoms with Gasteiger partial charge in [-0.05, 0) is 45.4 Å². The molecule has 1 unspecified atom stereocenters. The van der Waals surface area contributed by atoms with Gasteiger partial charge < -0.3 is 0 Å². The highest BCUT2D eigenvalue weighted by atomic mass is 16.1. The van der Waals surface area contributed by atoms with Crippen molar-refractivity contribution in [1.82, 2.24) is 0 Å². The number of carbonyl (C=O) groups is 1. The molecule has 0 saturated carbocycles. The quantitative estimate of drug-likeness (QED) is 0.389. The van der Waals surface area contributed by atoms with Gasteiger partial charge in [-0.3, -0.25) is 4.79 Å². The normalized spacial score (nSPS) is 13.3. The zero-order valence-corrected chi connectivity index (χ0v) is 15.1. The molecule has 124 valence electrons. The lowest BCUT2D eigenvalue weighted by Crippen LogP contribution is -2.14. The van der Waals surface area contributed by atoms with Gasteiger partial charge in [-0.25, -0.2) is 0 Å². The van der Waals surface area contributed by atoms with Crippen LogP contribution in [-0.2, 0) is 0 Å². The smallest absolute Gasteiger partial charge is 0.164 e. The number of fused-ring (bicyclic) bond motifs is 2. The van der Waals surface area contributed by atoms with Gasteiger partial charge in [0.25, 0.3) is 0 Å². The van der Waals surface area contributed by atoms with Crippen LogP contribution < -0.4 is 0 Å². The summed E-state index contributed by atoms with van der Waals surface area (Å²) < 4.78 is 0. The van der Waals surface area contributed by atoms with E-state index in [4.69, 9.17) is 0 Å². The maximum absolute atomic E-state index is 13.2. The number of rotatable bonds is 4. The summed E-state index contributed by atoms with van der Waals surface area (Å²) in [5.41, 5.74) is 1.14. The topological polar surface area (TPSA) is 17.1 Å². The number of hydrogen-bond donors (Lipinski definition) is 0. The van der Waals surface area contributed by atoms with E-state index in [1.165, 1.54) is 0 Å². The maximum atomic E-state index is 13.2. The molecule has 3 rings (SSSR count). The highest BCUT2D eigenvalue weighted by Crippen LogP contribution is 2.32. The fourth-order valence-corrected chi connectivity index (χ4v) is 3.85. The average molecular weight is 318 g/mol. The van der Waals surface area contributed by atoms with Crippen molar-refractivity contribution in [3.05, 3.63) is 60.2 Å². The molecule has 0 radical (unpaired) electrons. The predicted octanol–water partition coefficient (Wildman–Crippen LogP) is 6.64.